The summed E-state index contributed by atoms with van der Waals surface area (Å²) in [5, 5.41) is 10.9. The Morgan fingerprint density at radius 3 is 2.52 bits per heavy atom. The van der Waals surface area contributed by atoms with Crippen molar-refractivity contribution in [3.8, 4) is 0 Å². The third kappa shape index (κ3) is 4.45. The van der Waals surface area contributed by atoms with Crippen molar-refractivity contribution in [1.82, 2.24) is 0 Å². The lowest BCUT2D eigenvalue weighted by molar-refractivity contribution is 0.169. The molecule has 0 aliphatic rings. The zero-order valence-corrected chi connectivity index (χ0v) is 12.7. The lowest BCUT2D eigenvalue weighted by Gasteiger charge is -2.24. The van der Waals surface area contributed by atoms with Crippen LogP contribution in [0.25, 0.3) is 0 Å². The SMILES string of the molecule is CCN(CCC(O)c1cccc(Cl)c1)c1ccc(F)cc1. The Labute approximate surface area is 129 Å². The molecule has 0 radical (unpaired) electrons. The Bertz CT molecular complexity index is 573. The normalized spacial score (nSPS) is 12.2. The highest BCUT2D eigenvalue weighted by atomic mass is 35.5. The van der Waals surface area contributed by atoms with Crippen LogP contribution in [0.3, 0.4) is 0 Å². The summed E-state index contributed by atoms with van der Waals surface area (Å²) in [5.74, 6) is -0.242. The van der Waals surface area contributed by atoms with E-state index in [9.17, 15) is 9.50 Å². The molecule has 0 saturated heterocycles. The quantitative estimate of drug-likeness (QED) is 0.853. The molecule has 0 spiro atoms. The van der Waals surface area contributed by atoms with Crippen LogP contribution in [-0.4, -0.2) is 18.2 Å². The third-order valence-corrected chi connectivity index (χ3v) is 3.71. The van der Waals surface area contributed by atoms with E-state index in [4.69, 9.17) is 11.6 Å². The zero-order valence-electron chi connectivity index (χ0n) is 12.0. The van der Waals surface area contributed by atoms with Gasteiger partial charge >= 0.3 is 0 Å². The van der Waals surface area contributed by atoms with Gasteiger partial charge in [0.1, 0.15) is 5.82 Å². The molecule has 2 rings (SSSR count). The molecule has 0 aliphatic heterocycles. The maximum Gasteiger partial charge on any atom is 0.123 e. The fourth-order valence-corrected chi connectivity index (χ4v) is 2.48. The number of aliphatic hydroxyl groups is 1. The van der Waals surface area contributed by atoms with Gasteiger partial charge in [0.15, 0.2) is 0 Å². The van der Waals surface area contributed by atoms with Gasteiger partial charge in [-0.25, -0.2) is 4.39 Å². The number of anilines is 1. The van der Waals surface area contributed by atoms with Gasteiger partial charge in [-0.2, -0.15) is 0 Å². The molecule has 0 aliphatic carbocycles. The van der Waals surface area contributed by atoms with Gasteiger partial charge in [-0.3, -0.25) is 0 Å². The van der Waals surface area contributed by atoms with E-state index in [0.717, 1.165) is 17.8 Å². The van der Waals surface area contributed by atoms with Gasteiger partial charge in [-0.15, -0.1) is 0 Å². The average Bonchev–Trinajstić information content (AvgIpc) is 2.49. The number of halogens is 2. The number of nitrogens with zero attached hydrogens (tertiary/aromatic N) is 1. The monoisotopic (exact) mass is 307 g/mol. The fraction of sp³-hybridized carbons (Fsp3) is 0.294. The van der Waals surface area contributed by atoms with Crippen LogP contribution in [0.5, 0.6) is 0 Å². The zero-order chi connectivity index (χ0) is 15.2. The summed E-state index contributed by atoms with van der Waals surface area (Å²) in [6.45, 7) is 3.53. The first-order chi connectivity index (χ1) is 10.1. The predicted molar refractivity (Wildman–Crippen MR) is 85.3 cm³/mol. The molecule has 112 valence electrons. The van der Waals surface area contributed by atoms with Crippen molar-refractivity contribution < 1.29 is 9.50 Å². The summed E-state index contributed by atoms with van der Waals surface area (Å²) in [6.07, 6.45) is 0.0316. The number of aliphatic hydroxyl groups excluding tert-OH is 1. The first-order valence-electron chi connectivity index (χ1n) is 7.04. The Kier molecular flexibility index (Phi) is 5.59. The van der Waals surface area contributed by atoms with E-state index in [1.165, 1.54) is 12.1 Å². The molecule has 2 aromatic carbocycles. The van der Waals surface area contributed by atoms with Gasteiger partial charge in [-0.05, 0) is 55.3 Å². The smallest absolute Gasteiger partial charge is 0.123 e. The molecular formula is C17H19ClFNO. The first-order valence-corrected chi connectivity index (χ1v) is 7.42. The molecule has 21 heavy (non-hydrogen) atoms. The molecule has 0 saturated carbocycles. The molecule has 1 N–H and O–H groups in total. The van der Waals surface area contributed by atoms with Crippen molar-refractivity contribution >= 4 is 17.3 Å². The fourth-order valence-electron chi connectivity index (χ4n) is 2.28. The molecule has 2 aromatic rings. The Balaban J connectivity index is 1.98. The minimum Gasteiger partial charge on any atom is -0.388 e. The Morgan fingerprint density at radius 1 is 1.19 bits per heavy atom. The second-order valence-electron chi connectivity index (χ2n) is 4.92. The van der Waals surface area contributed by atoms with E-state index >= 15 is 0 Å². The van der Waals surface area contributed by atoms with E-state index in [-0.39, 0.29) is 5.82 Å². The minimum atomic E-state index is -0.557. The van der Waals surface area contributed by atoms with Crippen molar-refractivity contribution in [3.05, 3.63) is 64.9 Å². The molecule has 1 unspecified atom stereocenters. The summed E-state index contributed by atoms with van der Waals surface area (Å²) in [5.41, 5.74) is 1.77. The molecule has 0 aromatic heterocycles. The minimum absolute atomic E-state index is 0.242. The van der Waals surface area contributed by atoms with E-state index < -0.39 is 6.10 Å². The van der Waals surface area contributed by atoms with Gasteiger partial charge in [0.25, 0.3) is 0 Å². The third-order valence-electron chi connectivity index (χ3n) is 3.48. The van der Waals surface area contributed by atoms with Crippen LogP contribution in [0, 0.1) is 5.82 Å². The lowest BCUT2D eigenvalue weighted by Crippen LogP contribution is -2.25. The first kappa shape index (κ1) is 15.8. The topological polar surface area (TPSA) is 23.5 Å². The van der Waals surface area contributed by atoms with Crippen LogP contribution < -0.4 is 4.90 Å². The summed E-state index contributed by atoms with van der Waals surface area (Å²) in [4.78, 5) is 2.10. The lowest BCUT2D eigenvalue weighted by atomic mass is 10.1. The molecular weight excluding hydrogens is 289 g/mol. The van der Waals surface area contributed by atoms with E-state index in [1.807, 2.05) is 19.1 Å². The maximum absolute atomic E-state index is 13.0. The number of hydrogen-bond donors (Lipinski definition) is 1. The van der Waals surface area contributed by atoms with Crippen LogP contribution in [0.15, 0.2) is 48.5 Å². The standard InChI is InChI=1S/C17H19ClFNO/c1-2-20(16-8-6-15(19)7-9-16)11-10-17(21)13-4-3-5-14(18)12-13/h3-9,12,17,21H,2,10-11H2,1H3. The van der Waals surface area contributed by atoms with Gasteiger partial charge in [-0.1, -0.05) is 23.7 Å². The molecule has 4 heteroatoms. The summed E-state index contributed by atoms with van der Waals surface area (Å²) >= 11 is 5.93. The van der Waals surface area contributed by atoms with Gasteiger partial charge < -0.3 is 10.0 Å². The largest absolute Gasteiger partial charge is 0.388 e. The molecule has 0 heterocycles. The van der Waals surface area contributed by atoms with E-state index in [1.54, 1.807) is 24.3 Å². The molecule has 0 amide bonds. The van der Waals surface area contributed by atoms with Crippen LogP contribution in [-0.2, 0) is 0 Å². The summed E-state index contributed by atoms with van der Waals surface area (Å²) in [6, 6.07) is 13.7. The molecule has 0 bridgehead atoms. The van der Waals surface area contributed by atoms with Crippen molar-refractivity contribution in [3.63, 3.8) is 0 Å². The van der Waals surface area contributed by atoms with Crippen LogP contribution in [0.1, 0.15) is 25.0 Å². The van der Waals surface area contributed by atoms with Gasteiger partial charge in [0.2, 0.25) is 0 Å². The summed E-state index contributed by atoms with van der Waals surface area (Å²) in [7, 11) is 0. The summed E-state index contributed by atoms with van der Waals surface area (Å²) < 4.78 is 13.0. The highest BCUT2D eigenvalue weighted by Crippen LogP contribution is 2.22. The van der Waals surface area contributed by atoms with Gasteiger partial charge in [0.05, 0.1) is 6.10 Å². The van der Waals surface area contributed by atoms with Crippen LogP contribution in [0.4, 0.5) is 10.1 Å². The van der Waals surface area contributed by atoms with Crippen molar-refractivity contribution in [2.45, 2.75) is 19.4 Å². The average molecular weight is 308 g/mol. The van der Waals surface area contributed by atoms with E-state index in [2.05, 4.69) is 4.90 Å². The number of benzene rings is 2. The highest BCUT2D eigenvalue weighted by molar-refractivity contribution is 6.30. The maximum atomic E-state index is 13.0. The number of hydrogen-bond acceptors (Lipinski definition) is 2. The Morgan fingerprint density at radius 2 is 1.90 bits per heavy atom. The molecule has 0 fully saturated rings. The van der Waals surface area contributed by atoms with E-state index in [0.29, 0.717) is 18.0 Å². The predicted octanol–water partition coefficient (Wildman–Crippen LogP) is 4.43. The second kappa shape index (κ2) is 7.43. The van der Waals surface area contributed by atoms with Gasteiger partial charge in [0, 0.05) is 23.8 Å². The Hall–Kier alpha value is -1.58. The highest BCUT2D eigenvalue weighted by Gasteiger charge is 2.11. The second-order valence-corrected chi connectivity index (χ2v) is 5.35. The molecule has 2 nitrogen and oxygen atoms in total. The van der Waals surface area contributed by atoms with Crippen molar-refractivity contribution in [2.75, 3.05) is 18.0 Å². The van der Waals surface area contributed by atoms with Crippen molar-refractivity contribution in [2.24, 2.45) is 0 Å². The molecule has 1 atom stereocenters. The van der Waals surface area contributed by atoms with Crippen molar-refractivity contribution in [1.29, 1.82) is 0 Å². The number of rotatable bonds is 6. The van der Waals surface area contributed by atoms with Crippen LogP contribution in [0.2, 0.25) is 5.02 Å². The van der Waals surface area contributed by atoms with Crippen LogP contribution >= 0.6 is 11.6 Å².